The van der Waals surface area contributed by atoms with E-state index in [1.807, 2.05) is 0 Å². The first kappa shape index (κ1) is 22.2. The minimum Gasteiger partial charge on any atom is -0.411 e. The highest BCUT2D eigenvalue weighted by molar-refractivity contribution is 7.12. The molecule has 1 fully saturated rings. The van der Waals surface area contributed by atoms with Gasteiger partial charge in [-0.2, -0.15) is 0 Å². The fraction of sp³-hybridized carbons (Fsp3) is 0.458. The van der Waals surface area contributed by atoms with Crippen molar-refractivity contribution in [1.29, 1.82) is 0 Å². The van der Waals surface area contributed by atoms with Crippen molar-refractivity contribution < 1.29 is 19.8 Å². The van der Waals surface area contributed by atoms with Gasteiger partial charge in [0.05, 0.1) is 37.9 Å². The maximum absolute atomic E-state index is 9.64. The van der Waals surface area contributed by atoms with E-state index in [0.717, 1.165) is 43.1 Å². The molecule has 1 aromatic carbocycles. The van der Waals surface area contributed by atoms with Crippen molar-refractivity contribution in [1.82, 2.24) is 4.90 Å². The van der Waals surface area contributed by atoms with Crippen LogP contribution < -0.4 is 0 Å². The third-order valence-electron chi connectivity index (χ3n) is 5.93. The average Bonchev–Trinajstić information content (AvgIpc) is 3.23. The summed E-state index contributed by atoms with van der Waals surface area (Å²) >= 11 is 1.65. The molecule has 0 atom stereocenters. The second-order valence-corrected chi connectivity index (χ2v) is 8.73. The number of fused-ring (bicyclic) bond motifs is 2. The second-order valence-electron chi connectivity index (χ2n) is 7.81. The van der Waals surface area contributed by atoms with Gasteiger partial charge in [-0.15, -0.1) is 11.3 Å². The van der Waals surface area contributed by atoms with Crippen LogP contribution in [0.5, 0.6) is 0 Å². The monoisotopic (exact) mass is 442 g/mol. The molecule has 1 aliphatic heterocycles. The quantitative estimate of drug-likeness (QED) is 0.372. The lowest BCUT2D eigenvalue weighted by atomic mass is 9.87. The van der Waals surface area contributed by atoms with Crippen LogP contribution in [0.2, 0.25) is 0 Å². The number of rotatable bonds is 8. The summed E-state index contributed by atoms with van der Waals surface area (Å²) < 4.78 is 10.9. The van der Waals surface area contributed by atoms with Crippen LogP contribution in [0, 0.1) is 0 Å². The summed E-state index contributed by atoms with van der Waals surface area (Å²) in [6, 6.07) is 10.7. The van der Waals surface area contributed by atoms with Gasteiger partial charge in [0.15, 0.2) is 0 Å². The minimum absolute atomic E-state index is 0.0527. The number of aliphatic hydroxyl groups excluding tert-OH is 1. The third kappa shape index (κ3) is 5.25. The molecular formula is C24H30N2O4S. The molecule has 6 nitrogen and oxygen atoms in total. The first-order valence-electron chi connectivity index (χ1n) is 10.9. The van der Waals surface area contributed by atoms with Gasteiger partial charge in [-0.25, -0.2) is 0 Å². The highest BCUT2D eigenvalue weighted by Crippen LogP contribution is 2.40. The molecule has 0 amide bonds. The molecule has 2 aromatic rings. The smallest absolute Gasteiger partial charge is 0.102 e. The summed E-state index contributed by atoms with van der Waals surface area (Å²) in [6.07, 6.45) is 2.72. The van der Waals surface area contributed by atoms with Gasteiger partial charge in [-0.3, -0.25) is 0 Å². The van der Waals surface area contributed by atoms with E-state index in [1.165, 1.54) is 27.8 Å². The lowest BCUT2D eigenvalue weighted by Gasteiger charge is -2.30. The molecule has 166 valence electrons. The normalized spacial score (nSPS) is 18.2. The third-order valence-corrected chi connectivity index (χ3v) is 6.90. The molecule has 2 aliphatic rings. The van der Waals surface area contributed by atoms with Crippen molar-refractivity contribution in [2.24, 2.45) is 5.16 Å². The van der Waals surface area contributed by atoms with Crippen LogP contribution in [0.15, 0.2) is 46.4 Å². The Hall–Kier alpha value is -2.03. The van der Waals surface area contributed by atoms with Crippen molar-refractivity contribution in [3.63, 3.8) is 0 Å². The first-order valence-corrected chi connectivity index (χ1v) is 11.8. The lowest BCUT2D eigenvalue weighted by Crippen LogP contribution is -2.34. The zero-order chi connectivity index (χ0) is 21.5. The zero-order valence-electron chi connectivity index (χ0n) is 17.8. The first-order chi connectivity index (χ1) is 15.3. The molecule has 0 radical (unpaired) electrons. The molecule has 2 N–H and O–H groups in total. The Labute approximate surface area is 187 Å². The highest BCUT2D eigenvalue weighted by atomic mass is 32.1. The number of hydrogen-bond donors (Lipinski definition) is 2. The Kier molecular flexibility index (Phi) is 7.88. The van der Waals surface area contributed by atoms with E-state index in [1.54, 1.807) is 11.3 Å². The van der Waals surface area contributed by atoms with Crippen LogP contribution in [0.1, 0.15) is 34.4 Å². The number of ether oxygens (including phenoxy) is 2. The van der Waals surface area contributed by atoms with Crippen LogP contribution in [-0.4, -0.2) is 73.6 Å². The van der Waals surface area contributed by atoms with E-state index < -0.39 is 0 Å². The van der Waals surface area contributed by atoms with Gasteiger partial charge in [0.25, 0.3) is 0 Å². The van der Waals surface area contributed by atoms with Gasteiger partial charge >= 0.3 is 0 Å². The molecule has 0 spiro atoms. The van der Waals surface area contributed by atoms with Gasteiger partial charge < -0.3 is 24.7 Å². The number of thiophene rings is 1. The van der Waals surface area contributed by atoms with Gasteiger partial charge in [0, 0.05) is 31.6 Å². The van der Waals surface area contributed by atoms with Crippen LogP contribution >= 0.6 is 11.3 Å². The molecule has 2 heterocycles. The fourth-order valence-electron chi connectivity index (χ4n) is 4.39. The van der Waals surface area contributed by atoms with E-state index in [4.69, 9.17) is 14.6 Å². The number of aliphatic hydroxyl groups is 1. The minimum atomic E-state index is 0.0527. The van der Waals surface area contributed by atoms with E-state index in [-0.39, 0.29) is 6.61 Å². The predicted molar refractivity (Wildman–Crippen MR) is 123 cm³/mol. The molecule has 1 aliphatic carbocycles. The van der Waals surface area contributed by atoms with Gasteiger partial charge in [-0.05, 0) is 41.0 Å². The number of hydrogen-bond acceptors (Lipinski definition) is 7. The van der Waals surface area contributed by atoms with Gasteiger partial charge in [-0.1, -0.05) is 35.0 Å². The Bertz CT molecular complexity index is 927. The van der Waals surface area contributed by atoms with Crippen LogP contribution in [-0.2, 0) is 15.9 Å². The SMILES string of the molecule is OCCOCCOCCN1CCC(=C2c3ccccc3CC(=NO)c3sccc32)CC1. The molecule has 4 rings (SSSR count). The summed E-state index contributed by atoms with van der Waals surface area (Å²) in [5, 5.41) is 24.1. The number of benzene rings is 1. The van der Waals surface area contributed by atoms with Crippen molar-refractivity contribution in [2.45, 2.75) is 19.3 Å². The summed E-state index contributed by atoms with van der Waals surface area (Å²) in [6.45, 7) is 5.17. The van der Waals surface area contributed by atoms with Gasteiger partial charge in [0.1, 0.15) is 5.71 Å². The fourth-order valence-corrected chi connectivity index (χ4v) is 5.28. The number of piperidine rings is 1. The Morgan fingerprint density at radius 1 is 0.968 bits per heavy atom. The molecule has 0 bridgehead atoms. The lowest BCUT2D eigenvalue weighted by molar-refractivity contribution is 0.0260. The van der Waals surface area contributed by atoms with E-state index in [0.29, 0.717) is 32.8 Å². The van der Waals surface area contributed by atoms with Crippen molar-refractivity contribution in [3.8, 4) is 0 Å². The zero-order valence-corrected chi connectivity index (χ0v) is 18.6. The number of nitrogens with zero attached hydrogens (tertiary/aromatic N) is 2. The summed E-state index contributed by atoms with van der Waals surface area (Å²) in [7, 11) is 0. The highest BCUT2D eigenvalue weighted by Gasteiger charge is 2.27. The molecule has 0 unspecified atom stereocenters. The van der Waals surface area contributed by atoms with E-state index in [9.17, 15) is 5.21 Å². The summed E-state index contributed by atoms with van der Waals surface area (Å²) in [5.74, 6) is 0. The molecule has 1 saturated heterocycles. The Morgan fingerprint density at radius 3 is 2.52 bits per heavy atom. The van der Waals surface area contributed by atoms with Gasteiger partial charge in [0.2, 0.25) is 0 Å². The molecule has 7 heteroatoms. The molecule has 31 heavy (non-hydrogen) atoms. The standard InChI is InChI=1S/C24H30N2O4S/c27-11-13-30-15-14-29-12-10-26-8-5-18(6-9-26)23-20-4-2-1-3-19(20)17-22(25-28)24-21(23)7-16-31-24/h1-4,7,16,27-28H,5-6,8-15,17H2. The number of oxime groups is 1. The Morgan fingerprint density at radius 2 is 1.74 bits per heavy atom. The molecule has 0 saturated carbocycles. The van der Waals surface area contributed by atoms with Crippen molar-refractivity contribution >= 4 is 22.6 Å². The van der Waals surface area contributed by atoms with Crippen molar-refractivity contribution in [2.75, 3.05) is 52.7 Å². The Balaban J connectivity index is 1.45. The maximum atomic E-state index is 9.64. The van der Waals surface area contributed by atoms with Crippen molar-refractivity contribution in [3.05, 3.63) is 62.9 Å². The summed E-state index contributed by atoms with van der Waals surface area (Å²) in [5.41, 5.74) is 7.28. The van der Waals surface area contributed by atoms with Crippen LogP contribution in [0.25, 0.3) is 5.57 Å². The maximum Gasteiger partial charge on any atom is 0.102 e. The predicted octanol–water partition coefficient (Wildman–Crippen LogP) is 3.41. The molecule has 1 aromatic heterocycles. The second kappa shape index (κ2) is 11.0. The van der Waals surface area contributed by atoms with Crippen LogP contribution in [0.4, 0.5) is 0 Å². The van der Waals surface area contributed by atoms with E-state index >= 15 is 0 Å². The van der Waals surface area contributed by atoms with E-state index in [2.05, 4.69) is 45.8 Å². The summed E-state index contributed by atoms with van der Waals surface area (Å²) in [4.78, 5) is 3.54. The number of likely N-dealkylation sites (tertiary alicyclic amines) is 1. The molecular weight excluding hydrogens is 412 g/mol. The topological polar surface area (TPSA) is 74.5 Å². The average molecular weight is 443 g/mol. The largest absolute Gasteiger partial charge is 0.411 e. The van der Waals surface area contributed by atoms with Crippen LogP contribution in [0.3, 0.4) is 0 Å².